The molecule has 0 unspecified atom stereocenters. The van der Waals surface area contributed by atoms with Crippen molar-refractivity contribution >= 4 is 15.7 Å². The Hall–Kier alpha value is -2.48. The summed E-state index contributed by atoms with van der Waals surface area (Å²) in [4.78, 5) is 12.2. The second-order valence-electron chi connectivity index (χ2n) is 6.19. The molecule has 26 heavy (non-hydrogen) atoms. The molecule has 1 aliphatic carbocycles. The van der Waals surface area contributed by atoms with Gasteiger partial charge in [-0.05, 0) is 44.2 Å². The lowest BCUT2D eigenvalue weighted by Crippen LogP contribution is -2.25. The summed E-state index contributed by atoms with van der Waals surface area (Å²) in [7, 11) is -3.59. The SMILES string of the molecule is O=C(NCCC1=CCCCC1)c1nnc(CS(=O)(=O)c2ccccc2)o1. The molecule has 138 valence electrons. The number of amides is 1. The first kappa shape index (κ1) is 18.3. The van der Waals surface area contributed by atoms with E-state index < -0.39 is 21.5 Å². The third-order valence-corrected chi connectivity index (χ3v) is 5.81. The number of hydrogen-bond donors (Lipinski definition) is 1. The molecule has 8 heteroatoms. The maximum Gasteiger partial charge on any atom is 0.308 e. The fourth-order valence-electron chi connectivity index (χ4n) is 2.82. The van der Waals surface area contributed by atoms with Gasteiger partial charge in [0.2, 0.25) is 5.89 Å². The topological polar surface area (TPSA) is 102 Å². The number of benzene rings is 1. The fourth-order valence-corrected chi connectivity index (χ4v) is 4.00. The number of carbonyl (C=O) groups is 1. The highest BCUT2D eigenvalue weighted by Crippen LogP contribution is 2.19. The van der Waals surface area contributed by atoms with Gasteiger partial charge in [-0.2, -0.15) is 0 Å². The maximum absolute atomic E-state index is 12.3. The van der Waals surface area contributed by atoms with E-state index in [0.717, 1.165) is 19.3 Å². The minimum absolute atomic E-state index is 0.103. The molecule has 0 fully saturated rings. The first-order valence-corrected chi connectivity index (χ1v) is 10.3. The smallest absolute Gasteiger partial charge is 0.308 e. The largest absolute Gasteiger partial charge is 0.416 e. The number of nitrogens with zero attached hydrogens (tertiary/aromatic N) is 2. The molecule has 1 heterocycles. The summed E-state index contributed by atoms with van der Waals surface area (Å²) < 4.78 is 29.8. The fraction of sp³-hybridized carbons (Fsp3) is 0.389. The molecule has 0 atom stereocenters. The molecule has 1 aliphatic rings. The third-order valence-electron chi connectivity index (χ3n) is 4.19. The molecule has 0 aliphatic heterocycles. The molecule has 1 aromatic heterocycles. The van der Waals surface area contributed by atoms with Crippen molar-refractivity contribution in [3.63, 3.8) is 0 Å². The molecule has 0 bridgehead atoms. The van der Waals surface area contributed by atoms with Crippen LogP contribution in [0.25, 0.3) is 0 Å². The van der Waals surface area contributed by atoms with Gasteiger partial charge in [-0.15, -0.1) is 10.2 Å². The second kappa shape index (κ2) is 8.27. The Labute approximate surface area is 152 Å². The van der Waals surface area contributed by atoms with Gasteiger partial charge in [-0.25, -0.2) is 8.42 Å². The molecule has 2 aromatic rings. The van der Waals surface area contributed by atoms with Crippen LogP contribution >= 0.6 is 0 Å². The quantitative estimate of drug-likeness (QED) is 0.747. The predicted molar refractivity (Wildman–Crippen MR) is 95.1 cm³/mol. The van der Waals surface area contributed by atoms with Crippen molar-refractivity contribution in [2.75, 3.05) is 6.54 Å². The standard InChI is InChI=1S/C18H21N3O4S/c22-17(19-12-11-14-7-3-1-4-8-14)18-21-20-16(25-18)13-26(23,24)15-9-5-2-6-10-15/h2,5-7,9-10H,1,3-4,8,11-13H2,(H,19,22). The summed E-state index contributed by atoms with van der Waals surface area (Å²) >= 11 is 0. The van der Waals surface area contributed by atoms with E-state index in [1.807, 2.05) is 0 Å². The lowest BCUT2D eigenvalue weighted by Gasteiger charge is -2.12. The molecular weight excluding hydrogens is 354 g/mol. The van der Waals surface area contributed by atoms with Crippen LogP contribution in [0, 0.1) is 0 Å². The molecule has 0 saturated heterocycles. The van der Waals surface area contributed by atoms with E-state index in [4.69, 9.17) is 4.42 Å². The van der Waals surface area contributed by atoms with Crippen molar-refractivity contribution in [3.05, 3.63) is 53.8 Å². The molecule has 1 N–H and O–H groups in total. The van der Waals surface area contributed by atoms with Gasteiger partial charge >= 0.3 is 11.8 Å². The second-order valence-corrected chi connectivity index (χ2v) is 8.18. The van der Waals surface area contributed by atoms with Crippen molar-refractivity contribution in [3.8, 4) is 0 Å². The first-order valence-electron chi connectivity index (χ1n) is 8.61. The summed E-state index contributed by atoms with van der Waals surface area (Å²) in [5.74, 6) is -1.25. The van der Waals surface area contributed by atoms with Crippen LogP contribution in [-0.4, -0.2) is 31.1 Å². The molecule has 0 radical (unpaired) electrons. The minimum Gasteiger partial charge on any atom is -0.416 e. The van der Waals surface area contributed by atoms with Crippen molar-refractivity contribution in [2.24, 2.45) is 0 Å². The van der Waals surface area contributed by atoms with E-state index in [9.17, 15) is 13.2 Å². The van der Waals surface area contributed by atoms with E-state index in [1.165, 1.54) is 30.5 Å². The van der Waals surface area contributed by atoms with Crippen LogP contribution in [0.4, 0.5) is 0 Å². The van der Waals surface area contributed by atoms with Crippen LogP contribution in [0.3, 0.4) is 0 Å². The van der Waals surface area contributed by atoms with Gasteiger partial charge in [0.15, 0.2) is 9.84 Å². The molecule has 0 spiro atoms. The molecular formula is C18H21N3O4S. The zero-order chi connectivity index (χ0) is 18.4. The highest BCUT2D eigenvalue weighted by Gasteiger charge is 2.21. The number of carbonyl (C=O) groups excluding carboxylic acids is 1. The molecule has 7 nitrogen and oxygen atoms in total. The van der Waals surface area contributed by atoms with E-state index in [0.29, 0.717) is 6.54 Å². The van der Waals surface area contributed by atoms with Crippen LogP contribution in [0.2, 0.25) is 0 Å². The van der Waals surface area contributed by atoms with Gasteiger partial charge < -0.3 is 9.73 Å². The van der Waals surface area contributed by atoms with E-state index in [1.54, 1.807) is 18.2 Å². The lowest BCUT2D eigenvalue weighted by atomic mass is 9.97. The van der Waals surface area contributed by atoms with Gasteiger partial charge in [0.1, 0.15) is 5.75 Å². The highest BCUT2D eigenvalue weighted by atomic mass is 32.2. The average Bonchev–Trinajstić information content (AvgIpc) is 3.11. The monoisotopic (exact) mass is 375 g/mol. The van der Waals surface area contributed by atoms with Crippen LogP contribution in [-0.2, 0) is 15.6 Å². The van der Waals surface area contributed by atoms with Gasteiger partial charge in [0.25, 0.3) is 0 Å². The molecule has 3 rings (SSSR count). The summed E-state index contributed by atoms with van der Waals surface area (Å²) in [5.41, 5.74) is 1.36. The Morgan fingerprint density at radius 3 is 2.69 bits per heavy atom. The maximum atomic E-state index is 12.3. The zero-order valence-electron chi connectivity index (χ0n) is 14.3. The van der Waals surface area contributed by atoms with E-state index >= 15 is 0 Å². The van der Waals surface area contributed by atoms with Gasteiger partial charge in [0.05, 0.1) is 4.90 Å². The normalized spacial score (nSPS) is 14.7. The van der Waals surface area contributed by atoms with Crippen LogP contribution < -0.4 is 5.32 Å². The third kappa shape index (κ3) is 4.78. The summed E-state index contributed by atoms with van der Waals surface area (Å²) in [6, 6.07) is 8.01. The van der Waals surface area contributed by atoms with Crippen molar-refractivity contribution < 1.29 is 17.6 Å². The molecule has 1 amide bonds. The Morgan fingerprint density at radius 1 is 1.15 bits per heavy atom. The summed E-state index contributed by atoms with van der Waals surface area (Å²) in [5, 5.41) is 10.1. The van der Waals surface area contributed by atoms with E-state index in [-0.39, 0.29) is 16.7 Å². The number of rotatable bonds is 7. The number of sulfone groups is 1. The Morgan fingerprint density at radius 2 is 1.96 bits per heavy atom. The van der Waals surface area contributed by atoms with Crippen LogP contribution in [0.5, 0.6) is 0 Å². The molecule has 1 aromatic carbocycles. The number of allylic oxidation sites excluding steroid dienone is 1. The van der Waals surface area contributed by atoms with Crippen LogP contribution in [0.1, 0.15) is 48.7 Å². The van der Waals surface area contributed by atoms with Crippen LogP contribution in [0.15, 0.2) is 51.3 Å². The number of nitrogens with one attached hydrogen (secondary N) is 1. The zero-order valence-corrected chi connectivity index (χ0v) is 15.2. The van der Waals surface area contributed by atoms with Gasteiger partial charge in [-0.1, -0.05) is 29.8 Å². The lowest BCUT2D eigenvalue weighted by molar-refractivity contribution is 0.0918. The van der Waals surface area contributed by atoms with Crippen molar-refractivity contribution in [1.29, 1.82) is 0 Å². The Balaban J connectivity index is 1.55. The predicted octanol–water partition coefficient (Wildman–Crippen LogP) is 2.66. The van der Waals surface area contributed by atoms with E-state index in [2.05, 4.69) is 21.6 Å². The van der Waals surface area contributed by atoms with Crippen molar-refractivity contribution in [2.45, 2.75) is 42.8 Å². The van der Waals surface area contributed by atoms with Gasteiger partial charge in [0, 0.05) is 6.54 Å². The number of aromatic nitrogens is 2. The molecule has 0 saturated carbocycles. The Kier molecular flexibility index (Phi) is 5.82. The van der Waals surface area contributed by atoms with Gasteiger partial charge in [-0.3, -0.25) is 4.79 Å². The Bertz CT molecular complexity index is 888. The summed E-state index contributed by atoms with van der Waals surface area (Å²) in [6.07, 6.45) is 7.64. The average molecular weight is 375 g/mol. The first-order chi connectivity index (χ1) is 12.5. The highest BCUT2D eigenvalue weighted by molar-refractivity contribution is 7.90. The summed E-state index contributed by atoms with van der Waals surface area (Å²) in [6.45, 7) is 0.491. The van der Waals surface area contributed by atoms with Crippen molar-refractivity contribution in [1.82, 2.24) is 15.5 Å². The number of hydrogen-bond acceptors (Lipinski definition) is 6. The minimum atomic E-state index is -3.59.